The number of hydrogen-bond donors (Lipinski definition) is 2. The fraction of sp³-hybridized carbons (Fsp3) is 0.577. The molecule has 9 nitrogen and oxygen atoms in total. The molecule has 37 heavy (non-hydrogen) atoms. The van der Waals surface area contributed by atoms with Crippen molar-refractivity contribution in [1.82, 2.24) is 10.5 Å². The fourth-order valence-electron chi connectivity index (χ4n) is 4.22. The van der Waals surface area contributed by atoms with Gasteiger partial charge in [-0.05, 0) is 49.6 Å². The van der Waals surface area contributed by atoms with Crippen molar-refractivity contribution in [2.24, 2.45) is 5.92 Å². The van der Waals surface area contributed by atoms with Gasteiger partial charge < -0.3 is 9.64 Å². The van der Waals surface area contributed by atoms with E-state index in [1.54, 1.807) is 6.07 Å². The summed E-state index contributed by atoms with van der Waals surface area (Å²) in [7, 11) is -4.12. The summed E-state index contributed by atoms with van der Waals surface area (Å²) in [4.78, 5) is 32.5. The highest BCUT2D eigenvalue weighted by Crippen LogP contribution is 2.36. The summed E-state index contributed by atoms with van der Waals surface area (Å²) >= 11 is 1.30. The van der Waals surface area contributed by atoms with Gasteiger partial charge in [0.15, 0.2) is 20.4 Å². The number of Topliss-reactive ketones (excluding diaryl/α,β-unsaturated/α-hetero) is 1. The van der Waals surface area contributed by atoms with Gasteiger partial charge in [-0.3, -0.25) is 14.8 Å². The molecule has 1 aromatic rings. The fourth-order valence-corrected chi connectivity index (χ4v) is 6.80. The Morgan fingerprint density at radius 2 is 1.78 bits per heavy atom. The third-order valence-corrected chi connectivity index (χ3v) is 9.90. The quantitative estimate of drug-likeness (QED) is 0.262. The third-order valence-electron chi connectivity index (χ3n) is 6.62. The number of carbonyl (C=O) groups is 2. The van der Waals surface area contributed by atoms with E-state index in [0.717, 1.165) is 4.91 Å². The molecule has 3 rings (SSSR count). The van der Waals surface area contributed by atoms with E-state index in [9.17, 15) is 18.0 Å². The van der Waals surface area contributed by atoms with Crippen LogP contribution in [-0.2, 0) is 24.2 Å². The van der Waals surface area contributed by atoms with Crippen LogP contribution in [0.5, 0.6) is 0 Å². The molecule has 0 aliphatic carbocycles. The second-order valence-corrected chi connectivity index (χ2v) is 12.9. The van der Waals surface area contributed by atoms with Gasteiger partial charge in [-0.1, -0.05) is 51.6 Å². The molecule has 0 saturated carbocycles. The van der Waals surface area contributed by atoms with Crippen molar-refractivity contribution in [2.75, 3.05) is 31.2 Å². The zero-order chi connectivity index (χ0) is 27.6. The van der Waals surface area contributed by atoms with Crippen LogP contribution in [0.25, 0.3) is 0 Å². The van der Waals surface area contributed by atoms with Crippen molar-refractivity contribution < 1.29 is 28.0 Å². The van der Waals surface area contributed by atoms with Gasteiger partial charge in [-0.2, -0.15) is 0 Å². The number of nitrogens with zero attached hydrogens (tertiary/aromatic N) is 2. The number of hydrogen-bond acceptors (Lipinski definition) is 9. The zero-order valence-corrected chi connectivity index (χ0v) is 23.6. The van der Waals surface area contributed by atoms with Crippen LogP contribution in [0.4, 0.5) is 5.82 Å². The lowest BCUT2D eigenvalue weighted by atomic mass is 9.92. The van der Waals surface area contributed by atoms with Gasteiger partial charge in [0, 0.05) is 43.3 Å². The number of carbonyl (C=O) groups excluding carboxylic acids is 2. The number of pyridine rings is 1. The first-order valence-corrected chi connectivity index (χ1v) is 14.9. The van der Waals surface area contributed by atoms with Gasteiger partial charge in [-0.25, -0.2) is 18.9 Å². The number of hydroxylamine groups is 1. The van der Waals surface area contributed by atoms with Crippen LogP contribution in [-0.4, -0.2) is 61.3 Å². The van der Waals surface area contributed by atoms with Crippen LogP contribution in [0.3, 0.4) is 0 Å². The number of sulfone groups is 1. The number of anilines is 1. The van der Waals surface area contributed by atoms with Crippen molar-refractivity contribution in [3.63, 3.8) is 0 Å². The molecule has 2 fully saturated rings. The molecule has 0 aromatic carbocycles. The number of piperidine rings is 1. The molecule has 0 bridgehead atoms. The van der Waals surface area contributed by atoms with Gasteiger partial charge in [0.2, 0.25) is 0 Å². The minimum absolute atomic E-state index is 0.0426. The van der Waals surface area contributed by atoms with Crippen LogP contribution in [0.2, 0.25) is 0 Å². The molecule has 1 amide bonds. The van der Waals surface area contributed by atoms with E-state index in [4.69, 9.17) is 9.94 Å². The highest BCUT2D eigenvalue weighted by Gasteiger charge is 2.52. The molecule has 206 valence electrons. The van der Waals surface area contributed by atoms with Crippen LogP contribution in [0.15, 0.2) is 46.2 Å². The Hall–Kier alpha value is -2.21. The molecule has 3 heterocycles. The first kappa shape index (κ1) is 31.0. The third kappa shape index (κ3) is 7.43. The summed E-state index contributed by atoms with van der Waals surface area (Å²) in [6.07, 6.45) is 5.07. The molecule has 0 unspecified atom stereocenters. The average Bonchev–Trinajstić information content (AvgIpc) is 2.92. The van der Waals surface area contributed by atoms with Crippen LogP contribution in [0, 0.1) is 5.92 Å². The van der Waals surface area contributed by atoms with Gasteiger partial charge in [0.25, 0.3) is 5.91 Å². The SMILES string of the molecule is C=C(C)SC(=C)C(=O)C1CCN(c2ccc(S(=O)(=O)C3(C(=O)NO)CCOCC3)cn2)CC1.CCCC. The molecule has 0 spiro atoms. The lowest BCUT2D eigenvalue weighted by Crippen LogP contribution is -2.54. The Labute approximate surface area is 224 Å². The zero-order valence-electron chi connectivity index (χ0n) is 22.0. The molecule has 1 aromatic heterocycles. The Kier molecular flexibility index (Phi) is 11.8. The number of rotatable bonds is 9. The van der Waals surface area contributed by atoms with Crippen molar-refractivity contribution in [3.05, 3.63) is 41.3 Å². The number of thioether (sulfide) groups is 1. The maximum Gasteiger partial charge on any atom is 0.265 e. The number of aromatic nitrogens is 1. The Balaban J connectivity index is 0.00000112. The Bertz CT molecular complexity index is 1060. The van der Waals surface area contributed by atoms with Crippen LogP contribution >= 0.6 is 11.8 Å². The lowest BCUT2D eigenvalue weighted by molar-refractivity contribution is -0.134. The summed E-state index contributed by atoms with van der Waals surface area (Å²) in [5, 5.41) is 9.15. The normalized spacial score (nSPS) is 17.8. The highest BCUT2D eigenvalue weighted by molar-refractivity contribution is 8.07. The topological polar surface area (TPSA) is 126 Å². The van der Waals surface area contributed by atoms with Gasteiger partial charge in [-0.15, -0.1) is 0 Å². The van der Waals surface area contributed by atoms with Crippen molar-refractivity contribution in [2.45, 2.75) is 68.9 Å². The number of unbranched alkanes of at least 4 members (excludes halogenated alkanes) is 1. The number of allylic oxidation sites excluding steroid dienone is 2. The molecule has 2 aliphatic rings. The van der Waals surface area contributed by atoms with E-state index in [1.165, 1.54) is 42.3 Å². The lowest BCUT2D eigenvalue weighted by Gasteiger charge is -2.34. The first-order chi connectivity index (χ1) is 17.5. The second-order valence-electron chi connectivity index (χ2n) is 9.26. The van der Waals surface area contributed by atoms with Crippen molar-refractivity contribution in [1.29, 1.82) is 0 Å². The highest BCUT2D eigenvalue weighted by atomic mass is 32.2. The van der Waals surface area contributed by atoms with E-state index in [2.05, 4.69) is 32.0 Å². The van der Waals surface area contributed by atoms with E-state index in [-0.39, 0.29) is 42.7 Å². The van der Waals surface area contributed by atoms with Crippen LogP contribution in [0.1, 0.15) is 59.3 Å². The van der Waals surface area contributed by atoms with Gasteiger partial charge in [0.1, 0.15) is 5.82 Å². The number of amides is 1. The maximum atomic E-state index is 13.3. The summed E-state index contributed by atoms with van der Waals surface area (Å²) in [6, 6.07) is 3.04. The number of ether oxygens (including phenoxy) is 1. The number of ketones is 1. The summed E-state index contributed by atoms with van der Waals surface area (Å²) in [5.74, 6) is -0.428. The summed E-state index contributed by atoms with van der Waals surface area (Å²) in [5.41, 5.74) is 1.50. The summed E-state index contributed by atoms with van der Waals surface area (Å²) < 4.78 is 30.1. The number of nitrogens with one attached hydrogen (secondary N) is 1. The molecular formula is C26H39N3O6S2. The van der Waals surface area contributed by atoms with Gasteiger partial charge >= 0.3 is 0 Å². The predicted octanol–water partition coefficient (Wildman–Crippen LogP) is 4.28. The van der Waals surface area contributed by atoms with Crippen molar-refractivity contribution >= 4 is 39.1 Å². The Morgan fingerprint density at radius 3 is 2.24 bits per heavy atom. The minimum atomic E-state index is -4.12. The predicted molar refractivity (Wildman–Crippen MR) is 146 cm³/mol. The monoisotopic (exact) mass is 553 g/mol. The molecule has 2 aliphatic heterocycles. The standard InChI is InChI=1S/C22H29N3O6S2.C4H10/c1-15(2)32-16(3)20(26)17-6-10-25(11-7-17)19-5-4-18(14-23-19)33(29,30)22(21(27)24-28)8-12-31-13-9-22;1-3-4-2/h4-5,14,17,28H,1,3,6-13H2,2H3,(H,24,27);3-4H2,1-2H3. The van der Waals surface area contributed by atoms with E-state index in [0.29, 0.717) is 36.7 Å². The smallest absolute Gasteiger partial charge is 0.265 e. The molecule has 11 heteroatoms. The molecule has 0 atom stereocenters. The molecule has 2 saturated heterocycles. The van der Waals surface area contributed by atoms with Gasteiger partial charge in [0.05, 0.1) is 4.90 Å². The average molecular weight is 554 g/mol. The molecular weight excluding hydrogens is 514 g/mol. The molecule has 2 N–H and O–H groups in total. The van der Waals surface area contributed by atoms with Crippen LogP contribution < -0.4 is 10.4 Å². The van der Waals surface area contributed by atoms with E-state index >= 15 is 0 Å². The molecule has 0 radical (unpaired) electrons. The second kappa shape index (κ2) is 14.1. The maximum absolute atomic E-state index is 13.3. The first-order valence-electron chi connectivity index (χ1n) is 12.6. The van der Waals surface area contributed by atoms with E-state index in [1.807, 2.05) is 11.8 Å². The Morgan fingerprint density at radius 1 is 1.19 bits per heavy atom. The minimum Gasteiger partial charge on any atom is -0.381 e. The van der Waals surface area contributed by atoms with E-state index < -0.39 is 20.5 Å². The van der Waals surface area contributed by atoms with Crippen molar-refractivity contribution in [3.8, 4) is 0 Å². The summed E-state index contributed by atoms with van der Waals surface area (Å²) in [6.45, 7) is 15.3. The largest absolute Gasteiger partial charge is 0.381 e.